The Hall–Kier alpha value is -0.0300. The SMILES string of the molecule is CC(CC(=O)NCCN(C)C(C)C)C1CCNCC1.Cl.Cl. The highest BCUT2D eigenvalue weighted by molar-refractivity contribution is 5.85. The van der Waals surface area contributed by atoms with E-state index in [0.717, 1.165) is 26.2 Å². The van der Waals surface area contributed by atoms with Crippen LogP contribution in [-0.2, 0) is 4.79 Å². The molecular formula is C15H33Cl2N3O. The first-order valence-electron chi connectivity index (χ1n) is 7.68. The molecule has 0 aliphatic carbocycles. The summed E-state index contributed by atoms with van der Waals surface area (Å²) < 4.78 is 0. The predicted octanol–water partition coefficient (Wildman–Crippen LogP) is 2.31. The van der Waals surface area contributed by atoms with Crippen LogP contribution in [0.5, 0.6) is 0 Å². The lowest BCUT2D eigenvalue weighted by Crippen LogP contribution is -2.37. The molecule has 4 nitrogen and oxygen atoms in total. The van der Waals surface area contributed by atoms with Crippen LogP contribution in [-0.4, -0.2) is 50.1 Å². The van der Waals surface area contributed by atoms with E-state index in [1.807, 2.05) is 0 Å². The van der Waals surface area contributed by atoms with E-state index >= 15 is 0 Å². The van der Waals surface area contributed by atoms with Gasteiger partial charge in [0.15, 0.2) is 0 Å². The van der Waals surface area contributed by atoms with Crippen LogP contribution in [0, 0.1) is 11.8 Å². The molecule has 0 aromatic rings. The maximum Gasteiger partial charge on any atom is 0.220 e. The molecule has 0 spiro atoms. The van der Waals surface area contributed by atoms with Gasteiger partial charge in [0.2, 0.25) is 5.91 Å². The molecule has 21 heavy (non-hydrogen) atoms. The van der Waals surface area contributed by atoms with Gasteiger partial charge >= 0.3 is 0 Å². The summed E-state index contributed by atoms with van der Waals surface area (Å²) >= 11 is 0. The Morgan fingerprint density at radius 3 is 2.33 bits per heavy atom. The number of amides is 1. The van der Waals surface area contributed by atoms with Crippen molar-refractivity contribution in [2.24, 2.45) is 11.8 Å². The summed E-state index contributed by atoms with van der Waals surface area (Å²) in [4.78, 5) is 14.1. The minimum absolute atomic E-state index is 0. The molecule has 0 radical (unpaired) electrons. The Morgan fingerprint density at radius 1 is 1.24 bits per heavy atom. The van der Waals surface area contributed by atoms with Crippen LogP contribution >= 0.6 is 24.8 Å². The highest BCUT2D eigenvalue weighted by Crippen LogP contribution is 2.23. The zero-order valence-corrected chi connectivity index (χ0v) is 15.5. The second-order valence-electron chi connectivity index (χ2n) is 6.19. The molecule has 1 amide bonds. The van der Waals surface area contributed by atoms with E-state index in [2.05, 4.69) is 43.4 Å². The first-order chi connectivity index (χ1) is 9.00. The minimum atomic E-state index is 0. The molecule has 128 valence electrons. The summed E-state index contributed by atoms with van der Waals surface area (Å²) in [6, 6.07) is 0.533. The molecule has 0 bridgehead atoms. The van der Waals surface area contributed by atoms with Gasteiger partial charge in [-0.05, 0) is 58.7 Å². The molecule has 0 aromatic carbocycles. The number of likely N-dealkylation sites (N-methyl/N-ethyl adjacent to an activating group) is 1. The van der Waals surface area contributed by atoms with E-state index in [-0.39, 0.29) is 30.7 Å². The van der Waals surface area contributed by atoms with Crippen molar-refractivity contribution in [3.63, 3.8) is 0 Å². The number of carbonyl (C=O) groups is 1. The number of rotatable bonds is 7. The van der Waals surface area contributed by atoms with Gasteiger partial charge in [-0.25, -0.2) is 0 Å². The summed E-state index contributed by atoms with van der Waals surface area (Å²) in [5, 5.41) is 6.42. The third-order valence-electron chi connectivity index (χ3n) is 4.36. The van der Waals surface area contributed by atoms with Gasteiger partial charge in [0.1, 0.15) is 0 Å². The molecule has 6 heteroatoms. The van der Waals surface area contributed by atoms with E-state index in [1.54, 1.807) is 0 Å². The number of piperidine rings is 1. The van der Waals surface area contributed by atoms with Crippen molar-refractivity contribution in [1.82, 2.24) is 15.5 Å². The Morgan fingerprint density at radius 2 is 1.81 bits per heavy atom. The lowest BCUT2D eigenvalue weighted by atomic mass is 9.84. The van der Waals surface area contributed by atoms with Gasteiger partial charge in [-0.2, -0.15) is 0 Å². The van der Waals surface area contributed by atoms with Gasteiger partial charge in [-0.3, -0.25) is 4.79 Å². The average Bonchev–Trinajstić information content (AvgIpc) is 2.39. The second-order valence-corrected chi connectivity index (χ2v) is 6.19. The van der Waals surface area contributed by atoms with Crippen LogP contribution in [0.2, 0.25) is 0 Å². The molecule has 2 N–H and O–H groups in total. The molecule has 0 aromatic heterocycles. The normalized spacial score (nSPS) is 17.0. The van der Waals surface area contributed by atoms with Crippen molar-refractivity contribution in [1.29, 1.82) is 0 Å². The van der Waals surface area contributed by atoms with Gasteiger partial charge in [-0.1, -0.05) is 6.92 Å². The van der Waals surface area contributed by atoms with Gasteiger partial charge < -0.3 is 15.5 Å². The fourth-order valence-corrected chi connectivity index (χ4v) is 2.57. The molecule has 1 saturated heterocycles. The largest absolute Gasteiger partial charge is 0.355 e. The van der Waals surface area contributed by atoms with Crippen LogP contribution in [0.4, 0.5) is 0 Å². The van der Waals surface area contributed by atoms with Gasteiger partial charge in [-0.15, -0.1) is 24.8 Å². The first kappa shape index (κ1) is 23.2. The maximum absolute atomic E-state index is 11.9. The smallest absolute Gasteiger partial charge is 0.220 e. The van der Waals surface area contributed by atoms with Crippen molar-refractivity contribution in [2.75, 3.05) is 33.2 Å². The number of hydrogen-bond acceptors (Lipinski definition) is 3. The minimum Gasteiger partial charge on any atom is -0.355 e. The van der Waals surface area contributed by atoms with Crippen LogP contribution in [0.3, 0.4) is 0 Å². The lowest BCUT2D eigenvalue weighted by molar-refractivity contribution is -0.122. The first-order valence-corrected chi connectivity index (χ1v) is 7.68. The summed E-state index contributed by atoms with van der Waals surface area (Å²) in [6.45, 7) is 10.4. The fraction of sp³-hybridized carbons (Fsp3) is 0.933. The van der Waals surface area contributed by atoms with E-state index in [1.165, 1.54) is 12.8 Å². The average molecular weight is 342 g/mol. The van der Waals surface area contributed by atoms with Crippen molar-refractivity contribution in [3.8, 4) is 0 Å². The standard InChI is InChI=1S/C15H31N3O.2ClH/c1-12(2)18(4)10-9-17-15(19)11-13(3)14-5-7-16-8-6-14;;/h12-14,16H,5-11H2,1-4H3,(H,17,19);2*1H. The second kappa shape index (κ2) is 12.5. The Labute approximate surface area is 142 Å². The van der Waals surface area contributed by atoms with Crippen molar-refractivity contribution in [3.05, 3.63) is 0 Å². The fourth-order valence-electron chi connectivity index (χ4n) is 2.57. The number of nitrogens with one attached hydrogen (secondary N) is 2. The maximum atomic E-state index is 11.9. The highest BCUT2D eigenvalue weighted by Gasteiger charge is 2.21. The molecule has 0 saturated carbocycles. The van der Waals surface area contributed by atoms with E-state index in [4.69, 9.17) is 0 Å². The monoisotopic (exact) mass is 341 g/mol. The number of nitrogens with zero attached hydrogens (tertiary/aromatic N) is 1. The van der Waals surface area contributed by atoms with Crippen LogP contribution in [0.1, 0.15) is 40.0 Å². The molecular weight excluding hydrogens is 309 g/mol. The number of halogens is 2. The highest BCUT2D eigenvalue weighted by atomic mass is 35.5. The predicted molar refractivity (Wildman–Crippen MR) is 94.6 cm³/mol. The molecule has 1 aliphatic heterocycles. The third kappa shape index (κ3) is 9.56. The molecule has 1 rings (SSSR count). The van der Waals surface area contributed by atoms with Crippen molar-refractivity contribution >= 4 is 30.7 Å². The lowest BCUT2D eigenvalue weighted by Gasteiger charge is -2.28. The Kier molecular flexibility index (Phi) is 13.8. The third-order valence-corrected chi connectivity index (χ3v) is 4.36. The van der Waals surface area contributed by atoms with E-state index in [0.29, 0.717) is 24.3 Å². The summed E-state index contributed by atoms with van der Waals surface area (Å²) in [5.41, 5.74) is 0. The Bertz CT molecular complexity index is 272. The summed E-state index contributed by atoms with van der Waals surface area (Å²) in [7, 11) is 2.09. The molecule has 1 aliphatic rings. The zero-order chi connectivity index (χ0) is 14.3. The van der Waals surface area contributed by atoms with Gasteiger partial charge in [0, 0.05) is 25.6 Å². The van der Waals surface area contributed by atoms with E-state index in [9.17, 15) is 4.79 Å². The molecule has 1 fully saturated rings. The zero-order valence-electron chi connectivity index (χ0n) is 13.9. The molecule has 1 heterocycles. The van der Waals surface area contributed by atoms with Gasteiger partial charge in [0.05, 0.1) is 0 Å². The number of carbonyl (C=O) groups excluding carboxylic acids is 1. The van der Waals surface area contributed by atoms with E-state index < -0.39 is 0 Å². The van der Waals surface area contributed by atoms with Crippen LogP contribution in [0.25, 0.3) is 0 Å². The van der Waals surface area contributed by atoms with Crippen molar-refractivity contribution < 1.29 is 4.79 Å². The topological polar surface area (TPSA) is 44.4 Å². The quantitative estimate of drug-likeness (QED) is 0.746. The van der Waals surface area contributed by atoms with Crippen molar-refractivity contribution in [2.45, 2.75) is 46.1 Å². The van der Waals surface area contributed by atoms with Gasteiger partial charge in [0.25, 0.3) is 0 Å². The van der Waals surface area contributed by atoms with Crippen LogP contribution in [0.15, 0.2) is 0 Å². The Balaban J connectivity index is 0. The number of hydrogen-bond donors (Lipinski definition) is 2. The summed E-state index contributed by atoms with van der Waals surface area (Å²) in [6.07, 6.45) is 3.10. The van der Waals surface area contributed by atoms with Crippen LogP contribution < -0.4 is 10.6 Å². The summed E-state index contributed by atoms with van der Waals surface area (Å²) in [5.74, 6) is 1.43. The molecule has 1 atom stereocenters. The molecule has 1 unspecified atom stereocenters.